The zero-order valence-electron chi connectivity index (χ0n) is 17.0. The van der Waals surface area contributed by atoms with Gasteiger partial charge in [0.2, 0.25) is 6.08 Å². The normalized spacial score (nSPS) is 12.4. The lowest BCUT2D eigenvalue weighted by molar-refractivity contribution is -0.149. The maximum Gasteiger partial charge on any atom is 0.309 e. The number of isocyanates is 1. The Morgan fingerprint density at radius 2 is 1.47 bits per heavy atom. The Hall–Kier alpha value is -3.49. The first-order valence-electron chi connectivity index (χ1n) is 10.1. The van der Waals surface area contributed by atoms with Crippen molar-refractivity contribution in [1.82, 2.24) is 0 Å². The van der Waals surface area contributed by atoms with E-state index in [0.29, 0.717) is 12.8 Å². The van der Waals surface area contributed by atoms with Crippen molar-refractivity contribution in [2.75, 3.05) is 0 Å². The highest BCUT2D eigenvalue weighted by atomic mass is 16.5. The molecule has 3 aromatic carbocycles. The van der Waals surface area contributed by atoms with Gasteiger partial charge in [-0.3, -0.25) is 4.79 Å². The molecule has 0 saturated carbocycles. The Morgan fingerprint density at radius 3 is 2.10 bits per heavy atom. The van der Waals surface area contributed by atoms with Crippen molar-refractivity contribution in [3.05, 3.63) is 96.1 Å². The van der Waals surface area contributed by atoms with Crippen molar-refractivity contribution >= 4 is 12.0 Å². The topological polar surface area (TPSA) is 55.7 Å². The molecule has 0 aromatic heterocycles. The second-order valence-electron chi connectivity index (χ2n) is 7.37. The van der Waals surface area contributed by atoms with Gasteiger partial charge in [-0.25, -0.2) is 9.79 Å². The van der Waals surface area contributed by atoms with E-state index in [1.807, 2.05) is 60.7 Å². The number of hydrogen-bond acceptors (Lipinski definition) is 4. The van der Waals surface area contributed by atoms with E-state index in [2.05, 4.69) is 29.3 Å². The number of aliphatic imine (C=N–C) groups is 1. The van der Waals surface area contributed by atoms with E-state index in [1.54, 1.807) is 13.0 Å². The van der Waals surface area contributed by atoms with Gasteiger partial charge in [-0.15, -0.1) is 0 Å². The van der Waals surface area contributed by atoms with E-state index < -0.39 is 0 Å². The maximum atomic E-state index is 12.3. The highest BCUT2D eigenvalue weighted by molar-refractivity contribution is 5.72. The highest BCUT2D eigenvalue weighted by Gasteiger charge is 2.20. The lowest BCUT2D eigenvalue weighted by atomic mass is 9.95. The number of rotatable bonds is 9. The van der Waals surface area contributed by atoms with Crippen LogP contribution in [-0.4, -0.2) is 18.1 Å². The van der Waals surface area contributed by atoms with Gasteiger partial charge >= 0.3 is 5.97 Å². The minimum atomic E-state index is -0.362. The number of esters is 1. The molecule has 3 rings (SSSR count). The lowest BCUT2D eigenvalue weighted by Crippen LogP contribution is -2.21. The molecule has 0 radical (unpaired) electrons. The van der Waals surface area contributed by atoms with Crippen LogP contribution in [0.2, 0.25) is 0 Å². The van der Waals surface area contributed by atoms with Gasteiger partial charge in [0, 0.05) is 0 Å². The second kappa shape index (κ2) is 10.9. The Balaban J connectivity index is 1.57. The van der Waals surface area contributed by atoms with Gasteiger partial charge < -0.3 is 4.74 Å². The summed E-state index contributed by atoms with van der Waals surface area (Å²) < 4.78 is 5.40. The molecule has 152 valence electrons. The third kappa shape index (κ3) is 6.26. The molecule has 0 bridgehead atoms. The minimum Gasteiger partial charge on any atom is -0.461 e. The van der Waals surface area contributed by atoms with Crippen molar-refractivity contribution in [3.8, 4) is 11.1 Å². The average Bonchev–Trinajstić information content (AvgIpc) is 2.79. The van der Waals surface area contributed by atoms with Gasteiger partial charge in [-0.05, 0) is 35.1 Å². The predicted molar refractivity (Wildman–Crippen MR) is 118 cm³/mol. The lowest BCUT2D eigenvalue weighted by Gasteiger charge is -2.16. The number of carbonyl (C=O) groups is 1. The Kier molecular flexibility index (Phi) is 7.71. The number of carbonyl (C=O) groups excluding carboxylic acids is 2. The molecular weight excluding hydrogens is 374 g/mol. The summed E-state index contributed by atoms with van der Waals surface area (Å²) in [4.78, 5) is 27.2. The SMILES string of the molecule is CC(CC(Cc1ccc(-c2ccccc2)cc1)N=C=O)C(=O)OCc1ccccc1. The molecule has 0 saturated heterocycles. The molecule has 0 aliphatic rings. The predicted octanol–water partition coefficient (Wildman–Crippen LogP) is 5.37. The molecule has 3 aromatic rings. The van der Waals surface area contributed by atoms with Crippen molar-refractivity contribution in [2.45, 2.75) is 32.4 Å². The summed E-state index contributed by atoms with van der Waals surface area (Å²) in [5.41, 5.74) is 4.29. The van der Waals surface area contributed by atoms with Crippen LogP contribution in [0.5, 0.6) is 0 Å². The van der Waals surface area contributed by atoms with Crippen LogP contribution in [0.3, 0.4) is 0 Å². The van der Waals surface area contributed by atoms with Crippen LogP contribution in [0.1, 0.15) is 24.5 Å². The molecule has 30 heavy (non-hydrogen) atoms. The minimum absolute atomic E-state index is 0.243. The standard InChI is InChI=1S/C26H25NO3/c1-20(26(29)30-18-22-8-4-2-5-9-22)16-25(27-19-28)17-21-12-14-24(15-13-21)23-10-6-3-7-11-23/h2-15,20,25H,16-18H2,1H3. The van der Waals surface area contributed by atoms with Gasteiger partial charge in [0.05, 0.1) is 12.0 Å². The Labute approximate surface area is 177 Å². The number of nitrogens with zero attached hydrogens (tertiary/aromatic N) is 1. The van der Waals surface area contributed by atoms with Crippen molar-refractivity contribution in [2.24, 2.45) is 10.9 Å². The van der Waals surface area contributed by atoms with Gasteiger partial charge in [0.1, 0.15) is 6.61 Å². The molecule has 0 fully saturated rings. The monoisotopic (exact) mass is 399 g/mol. The second-order valence-corrected chi connectivity index (χ2v) is 7.37. The molecule has 0 N–H and O–H groups in total. The first-order valence-corrected chi connectivity index (χ1v) is 10.1. The molecule has 0 amide bonds. The van der Waals surface area contributed by atoms with E-state index in [4.69, 9.17) is 4.74 Å². The fourth-order valence-electron chi connectivity index (χ4n) is 3.37. The molecule has 0 aliphatic carbocycles. The van der Waals surface area contributed by atoms with E-state index in [1.165, 1.54) is 0 Å². The molecule has 0 heterocycles. The van der Waals surface area contributed by atoms with Gasteiger partial charge in [-0.2, -0.15) is 0 Å². The van der Waals surface area contributed by atoms with E-state index in [-0.39, 0.29) is 24.5 Å². The van der Waals surface area contributed by atoms with Crippen LogP contribution in [0.4, 0.5) is 0 Å². The summed E-state index contributed by atoms with van der Waals surface area (Å²) in [5.74, 6) is -0.649. The van der Waals surface area contributed by atoms with Crippen LogP contribution in [0, 0.1) is 5.92 Å². The van der Waals surface area contributed by atoms with Crippen LogP contribution in [0.25, 0.3) is 11.1 Å². The van der Waals surface area contributed by atoms with E-state index >= 15 is 0 Å². The van der Waals surface area contributed by atoms with E-state index in [0.717, 1.165) is 22.3 Å². The first-order chi connectivity index (χ1) is 14.7. The third-order valence-electron chi connectivity index (χ3n) is 5.02. The first kappa shape index (κ1) is 21.2. The fourth-order valence-corrected chi connectivity index (χ4v) is 3.37. The van der Waals surface area contributed by atoms with E-state index in [9.17, 15) is 9.59 Å². The summed E-state index contributed by atoms with van der Waals surface area (Å²) in [6.45, 7) is 2.05. The number of ether oxygens (including phenoxy) is 1. The Morgan fingerprint density at radius 1 is 0.867 bits per heavy atom. The van der Waals surface area contributed by atoms with Crippen LogP contribution in [0.15, 0.2) is 89.9 Å². The fraction of sp³-hybridized carbons (Fsp3) is 0.231. The van der Waals surface area contributed by atoms with Crippen LogP contribution < -0.4 is 0 Å². The van der Waals surface area contributed by atoms with Crippen LogP contribution >= 0.6 is 0 Å². The number of benzene rings is 3. The number of hydrogen-bond donors (Lipinski definition) is 0. The van der Waals surface area contributed by atoms with Gasteiger partial charge in [0.15, 0.2) is 0 Å². The molecule has 2 unspecified atom stereocenters. The van der Waals surface area contributed by atoms with Crippen molar-refractivity contribution in [1.29, 1.82) is 0 Å². The smallest absolute Gasteiger partial charge is 0.309 e. The van der Waals surface area contributed by atoms with Crippen LogP contribution in [-0.2, 0) is 27.4 Å². The quantitative estimate of drug-likeness (QED) is 0.276. The molecular formula is C26H25NO3. The molecule has 4 heteroatoms. The zero-order chi connectivity index (χ0) is 21.2. The zero-order valence-corrected chi connectivity index (χ0v) is 17.0. The summed E-state index contributed by atoms with van der Waals surface area (Å²) >= 11 is 0. The third-order valence-corrected chi connectivity index (χ3v) is 5.02. The highest BCUT2D eigenvalue weighted by Crippen LogP contribution is 2.21. The van der Waals surface area contributed by atoms with Gasteiger partial charge in [-0.1, -0.05) is 91.9 Å². The van der Waals surface area contributed by atoms with Crippen molar-refractivity contribution in [3.63, 3.8) is 0 Å². The van der Waals surface area contributed by atoms with Crippen molar-refractivity contribution < 1.29 is 14.3 Å². The molecule has 2 atom stereocenters. The average molecular weight is 399 g/mol. The summed E-state index contributed by atoms with van der Waals surface area (Å²) in [6.07, 6.45) is 2.65. The largest absolute Gasteiger partial charge is 0.461 e. The maximum absolute atomic E-state index is 12.3. The molecule has 0 spiro atoms. The summed E-state index contributed by atoms with van der Waals surface area (Å²) in [5, 5.41) is 0. The molecule has 4 nitrogen and oxygen atoms in total. The Bertz CT molecular complexity index is 978. The summed E-state index contributed by atoms with van der Waals surface area (Å²) in [6, 6.07) is 27.6. The summed E-state index contributed by atoms with van der Waals surface area (Å²) in [7, 11) is 0. The van der Waals surface area contributed by atoms with Gasteiger partial charge in [0.25, 0.3) is 0 Å². The molecule has 0 aliphatic heterocycles.